The number of imidazole rings is 1. The first kappa shape index (κ1) is 21.4. The zero-order chi connectivity index (χ0) is 26.7. The van der Waals surface area contributed by atoms with E-state index in [2.05, 4.69) is 138 Å². The molecule has 41 heavy (non-hydrogen) atoms. The number of fused-ring (bicyclic) bond motifs is 13. The van der Waals surface area contributed by atoms with E-state index in [4.69, 9.17) is 4.98 Å². The zero-order valence-electron chi connectivity index (χ0n) is 22.1. The first-order valence-corrected chi connectivity index (χ1v) is 14.2. The van der Waals surface area contributed by atoms with E-state index >= 15 is 0 Å². The van der Waals surface area contributed by atoms with Gasteiger partial charge in [0.05, 0.1) is 16.6 Å². The average molecular weight is 519 g/mol. The largest absolute Gasteiger partial charge is 0.292 e. The van der Waals surface area contributed by atoms with E-state index in [1.807, 2.05) is 0 Å². The number of rotatable bonds is 1. The monoisotopic (exact) mass is 518 g/mol. The Morgan fingerprint density at radius 1 is 0.415 bits per heavy atom. The third-order valence-corrected chi connectivity index (χ3v) is 9.08. The van der Waals surface area contributed by atoms with Crippen LogP contribution in [0.1, 0.15) is 0 Å². The quantitative estimate of drug-likeness (QED) is 0.198. The van der Waals surface area contributed by atoms with Crippen molar-refractivity contribution in [2.75, 3.05) is 0 Å². The minimum Gasteiger partial charge on any atom is -0.292 e. The van der Waals surface area contributed by atoms with E-state index in [-0.39, 0.29) is 0 Å². The van der Waals surface area contributed by atoms with E-state index in [0.29, 0.717) is 0 Å². The number of para-hydroxylation sites is 3. The number of hydrogen-bond acceptors (Lipinski definition) is 1. The van der Waals surface area contributed by atoms with Gasteiger partial charge in [-0.25, -0.2) is 4.98 Å². The smallest absolute Gasteiger partial charge is 0.147 e. The maximum atomic E-state index is 5.20. The molecule has 0 amide bonds. The molecule has 0 N–H and O–H groups in total. The van der Waals surface area contributed by atoms with Crippen LogP contribution >= 0.6 is 0 Å². The molecule has 0 fully saturated rings. The van der Waals surface area contributed by atoms with Crippen LogP contribution in [0, 0.1) is 0 Å². The predicted molar refractivity (Wildman–Crippen MR) is 173 cm³/mol. The van der Waals surface area contributed by atoms with Crippen LogP contribution in [0.2, 0.25) is 0 Å². The molecule has 0 aliphatic heterocycles. The Labute approximate surface area is 235 Å². The van der Waals surface area contributed by atoms with Gasteiger partial charge < -0.3 is 0 Å². The first-order valence-electron chi connectivity index (χ1n) is 14.2. The number of hydrogen-bond donors (Lipinski definition) is 0. The average Bonchev–Trinajstić information content (AvgIpc) is 3.58. The molecule has 2 heterocycles. The summed E-state index contributed by atoms with van der Waals surface area (Å²) in [7, 11) is 0. The zero-order valence-corrected chi connectivity index (χ0v) is 22.1. The van der Waals surface area contributed by atoms with E-state index in [1.54, 1.807) is 0 Å². The summed E-state index contributed by atoms with van der Waals surface area (Å²) >= 11 is 0. The highest BCUT2D eigenvalue weighted by molar-refractivity contribution is 6.26. The molecule has 2 aromatic heterocycles. The Bertz CT molecular complexity index is 2580. The van der Waals surface area contributed by atoms with Crippen molar-refractivity contribution in [1.82, 2.24) is 9.38 Å². The summed E-state index contributed by atoms with van der Waals surface area (Å²) < 4.78 is 2.34. The molecule has 0 spiro atoms. The summed E-state index contributed by atoms with van der Waals surface area (Å²) in [5, 5.41) is 8.83. The second kappa shape index (κ2) is 7.59. The second-order valence-corrected chi connectivity index (χ2v) is 11.1. The molecule has 2 heteroatoms. The van der Waals surface area contributed by atoms with Gasteiger partial charge in [-0.2, -0.15) is 0 Å². The van der Waals surface area contributed by atoms with Gasteiger partial charge in [0.15, 0.2) is 0 Å². The minimum atomic E-state index is 1.01. The molecule has 1 aliphatic carbocycles. The Balaban J connectivity index is 1.35. The fourth-order valence-electron chi connectivity index (χ4n) is 7.36. The lowest BCUT2D eigenvalue weighted by Crippen LogP contribution is -1.94. The summed E-state index contributed by atoms with van der Waals surface area (Å²) in [6.07, 6.45) is 0. The molecule has 0 unspecified atom stereocenters. The second-order valence-electron chi connectivity index (χ2n) is 11.1. The van der Waals surface area contributed by atoms with Crippen molar-refractivity contribution in [2.45, 2.75) is 0 Å². The highest BCUT2D eigenvalue weighted by Crippen LogP contribution is 2.49. The molecule has 7 aromatic carbocycles. The molecule has 0 atom stereocenters. The van der Waals surface area contributed by atoms with Crippen LogP contribution < -0.4 is 0 Å². The summed E-state index contributed by atoms with van der Waals surface area (Å²) in [6, 6.07) is 48.8. The van der Waals surface area contributed by atoms with Gasteiger partial charge in [0.2, 0.25) is 0 Å². The lowest BCUT2D eigenvalue weighted by atomic mass is 9.90. The van der Waals surface area contributed by atoms with Crippen molar-refractivity contribution in [3.63, 3.8) is 0 Å². The number of benzene rings is 7. The predicted octanol–water partition coefficient (Wildman–Crippen LogP) is 10.4. The van der Waals surface area contributed by atoms with Crippen LogP contribution in [-0.4, -0.2) is 9.38 Å². The number of aromatic nitrogens is 2. The van der Waals surface area contributed by atoms with E-state index < -0.39 is 0 Å². The van der Waals surface area contributed by atoms with Crippen LogP contribution in [0.3, 0.4) is 0 Å². The fourth-order valence-corrected chi connectivity index (χ4v) is 7.36. The van der Waals surface area contributed by atoms with Crippen molar-refractivity contribution in [3.8, 4) is 33.4 Å². The van der Waals surface area contributed by atoms with Crippen molar-refractivity contribution in [1.29, 1.82) is 0 Å². The normalized spacial score (nSPS) is 12.4. The molecule has 9 aromatic rings. The summed E-state index contributed by atoms with van der Waals surface area (Å²) in [5.41, 5.74) is 12.2. The van der Waals surface area contributed by atoms with Crippen LogP contribution in [0.25, 0.3) is 93.3 Å². The summed E-state index contributed by atoms with van der Waals surface area (Å²) in [5.74, 6) is 0. The van der Waals surface area contributed by atoms with Gasteiger partial charge in [-0.1, -0.05) is 103 Å². The molecular weight excluding hydrogens is 496 g/mol. The Morgan fingerprint density at radius 3 is 1.98 bits per heavy atom. The lowest BCUT2D eigenvalue weighted by Gasteiger charge is -2.16. The third kappa shape index (κ3) is 2.69. The molecule has 10 rings (SSSR count). The number of pyridine rings is 1. The van der Waals surface area contributed by atoms with Crippen LogP contribution in [0.5, 0.6) is 0 Å². The Morgan fingerprint density at radius 2 is 1.12 bits per heavy atom. The van der Waals surface area contributed by atoms with E-state index in [1.165, 1.54) is 76.6 Å². The van der Waals surface area contributed by atoms with E-state index in [9.17, 15) is 0 Å². The topological polar surface area (TPSA) is 17.3 Å². The SMILES string of the molecule is c1cc2c3c(cccc3c1)-c1cc(-c3cc4c5ccccc5n5c6ccccc6nc5c4c4ccccc34)ccc1-2. The van der Waals surface area contributed by atoms with Crippen molar-refractivity contribution >= 4 is 59.9 Å². The van der Waals surface area contributed by atoms with Gasteiger partial charge in [-0.05, 0) is 90.6 Å². The molecule has 0 saturated heterocycles. The van der Waals surface area contributed by atoms with Gasteiger partial charge in [-0.15, -0.1) is 0 Å². The lowest BCUT2D eigenvalue weighted by molar-refractivity contribution is 1.32. The first-order chi connectivity index (χ1) is 20.3. The van der Waals surface area contributed by atoms with Crippen molar-refractivity contribution < 1.29 is 0 Å². The standard InChI is InChI=1S/C39H22N2/c1-2-13-29-25(11-1)31(24-19-20-26-28-14-7-9-23-10-8-15-30(37(23)28)32(26)21-24)22-33-27-12-3-5-17-35(27)41-36-18-6-4-16-34(36)40-39(41)38(29)33/h1-22H. The summed E-state index contributed by atoms with van der Waals surface area (Å²) in [6.45, 7) is 0. The third-order valence-electron chi connectivity index (χ3n) is 9.08. The van der Waals surface area contributed by atoms with Crippen molar-refractivity contribution in [2.24, 2.45) is 0 Å². The maximum absolute atomic E-state index is 5.20. The van der Waals surface area contributed by atoms with Gasteiger partial charge in [-0.3, -0.25) is 4.40 Å². The van der Waals surface area contributed by atoms with E-state index in [0.717, 1.165) is 16.7 Å². The highest BCUT2D eigenvalue weighted by atomic mass is 15.0. The molecule has 2 nitrogen and oxygen atoms in total. The van der Waals surface area contributed by atoms with Gasteiger partial charge in [0, 0.05) is 10.8 Å². The van der Waals surface area contributed by atoms with Crippen molar-refractivity contribution in [3.05, 3.63) is 133 Å². The minimum absolute atomic E-state index is 1.01. The Hall–Kier alpha value is -5.47. The summed E-state index contributed by atoms with van der Waals surface area (Å²) in [4.78, 5) is 5.20. The maximum Gasteiger partial charge on any atom is 0.147 e. The van der Waals surface area contributed by atoms with Crippen LogP contribution in [0.15, 0.2) is 133 Å². The van der Waals surface area contributed by atoms with Crippen LogP contribution in [0.4, 0.5) is 0 Å². The molecule has 0 saturated carbocycles. The molecule has 0 radical (unpaired) electrons. The van der Waals surface area contributed by atoms with Crippen LogP contribution in [-0.2, 0) is 0 Å². The van der Waals surface area contributed by atoms with Gasteiger partial charge in [0.1, 0.15) is 5.65 Å². The molecule has 1 aliphatic rings. The fraction of sp³-hybridized carbons (Fsp3) is 0. The van der Waals surface area contributed by atoms with Gasteiger partial charge in [0.25, 0.3) is 0 Å². The number of nitrogens with zero attached hydrogens (tertiary/aromatic N) is 2. The highest BCUT2D eigenvalue weighted by Gasteiger charge is 2.23. The molecule has 188 valence electrons. The Kier molecular flexibility index (Phi) is 3.95. The molecular formula is C39H22N2. The van der Waals surface area contributed by atoms with Gasteiger partial charge >= 0.3 is 0 Å². The molecule has 0 bridgehead atoms.